The number of amides is 1. The van der Waals surface area contributed by atoms with Gasteiger partial charge in [-0.1, -0.05) is 18.2 Å². The van der Waals surface area contributed by atoms with Gasteiger partial charge in [0.1, 0.15) is 5.60 Å². The molecule has 1 aromatic rings. The molecule has 0 aromatic heterocycles. The van der Waals surface area contributed by atoms with Crippen molar-refractivity contribution in [1.29, 1.82) is 0 Å². The maximum absolute atomic E-state index is 12.3. The van der Waals surface area contributed by atoms with Gasteiger partial charge in [-0.3, -0.25) is 0 Å². The SMILES string of the molecule is CC(C)(C)OC(=O)NCC(=Cc1cccc(N2CCCCC2)c1)B1OC(C)(C)C(C)(C)O1. The summed E-state index contributed by atoms with van der Waals surface area (Å²) in [4.78, 5) is 14.7. The van der Waals surface area contributed by atoms with Crippen LogP contribution in [0, 0.1) is 0 Å². The summed E-state index contributed by atoms with van der Waals surface area (Å²) in [5.41, 5.74) is 1.67. The molecule has 0 saturated carbocycles. The molecule has 176 valence electrons. The molecule has 7 heteroatoms. The van der Waals surface area contributed by atoms with Crippen LogP contribution < -0.4 is 10.2 Å². The number of hydrogen-bond donors (Lipinski definition) is 1. The number of nitrogens with one attached hydrogen (secondary N) is 1. The van der Waals surface area contributed by atoms with Gasteiger partial charge in [-0.15, -0.1) is 0 Å². The fraction of sp³-hybridized carbons (Fsp3) is 0.640. The standard InChI is InChI=1S/C25H39BN2O4/c1-23(2,3)30-22(29)27-18-20(26-31-24(4,5)25(6,7)32-26)16-19-12-11-13-21(17-19)28-14-9-8-10-15-28/h11-13,16-17H,8-10,14-15,18H2,1-7H3,(H,27,29). The predicted molar refractivity (Wildman–Crippen MR) is 131 cm³/mol. The highest BCUT2D eigenvalue weighted by atomic mass is 16.7. The molecule has 2 fully saturated rings. The van der Waals surface area contributed by atoms with Crippen LogP contribution in [-0.2, 0) is 14.0 Å². The van der Waals surface area contributed by atoms with E-state index in [9.17, 15) is 4.79 Å². The van der Waals surface area contributed by atoms with E-state index in [1.807, 2.05) is 48.5 Å². The van der Waals surface area contributed by atoms with Crippen LogP contribution >= 0.6 is 0 Å². The molecular formula is C25H39BN2O4. The third-order valence-electron chi connectivity index (χ3n) is 6.34. The van der Waals surface area contributed by atoms with E-state index in [4.69, 9.17) is 14.0 Å². The van der Waals surface area contributed by atoms with Crippen LogP contribution in [0.25, 0.3) is 6.08 Å². The largest absolute Gasteiger partial charge is 0.492 e. The summed E-state index contributed by atoms with van der Waals surface area (Å²) in [6.07, 6.45) is 5.38. The van der Waals surface area contributed by atoms with E-state index in [-0.39, 0.29) is 6.54 Å². The molecule has 0 aliphatic carbocycles. The van der Waals surface area contributed by atoms with E-state index < -0.39 is 30.0 Å². The molecule has 2 heterocycles. The van der Waals surface area contributed by atoms with Gasteiger partial charge in [0, 0.05) is 25.3 Å². The minimum Gasteiger partial charge on any atom is -0.444 e. The van der Waals surface area contributed by atoms with Crippen LogP contribution in [0.3, 0.4) is 0 Å². The number of alkyl carbamates (subject to hydrolysis) is 1. The zero-order valence-electron chi connectivity index (χ0n) is 20.8. The molecule has 0 atom stereocenters. The van der Waals surface area contributed by atoms with E-state index in [1.165, 1.54) is 24.9 Å². The quantitative estimate of drug-likeness (QED) is 0.634. The van der Waals surface area contributed by atoms with E-state index in [1.54, 1.807) is 0 Å². The molecule has 1 aromatic carbocycles. The highest BCUT2D eigenvalue weighted by molar-refractivity contribution is 6.56. The van der Waals surface area contributed by atoms with Crippen molar-refractivity contribution in [3.8, 4) is 0 Å². The highest BCUT2D eigenvalue weighted by Gasteiger charge is 2.52. The van der Waals surface area contributed by atoms with Crippen molar-refractivity contribution in [2.45, 2.75) is 84.5 Å². The second-order valence-electron chi connectivity index (χ2n) is 10.8. The third kappa shape index (κ3) is 6.29. The van der Waals surface area contributed by atoms with Crippen molar-refractivity contribution in [3.05, 3.63) is 35.3 Å². The fourth-order valence-corrected chi connectivity index (χ4v) is 3.86. The minimum atomic E-state index is -0.554. The average molecular weight is 442 g/mol. The zero-order valence-corrected chi connectivity index (χ0v) is 20.8. The molecule has 0 spiro atoms. The summed E-state index contributed by atoms with van der Waals surface area (Å²) in [5.74, 6) is 0. The lowest BCUT2D eigenvalue weighted by molar-refractivity contribution is 0.00578. The number of carbonyl (C=O) groups is 1. The van der Waals surface area contributed by atoms with Gasteiger partial charge >= 0.3 is 13.2 Å². The lowest BCUT2D eigenvalue weighted by Crippen LogP contribution is -2.41. The van der Waals surface area contributed by atoms with Crippen LogP contribution in [-0.4, -0.2) is 49.6 Å². The Kier molecular flexibility index (Phi) is 7.30. The summed E-state index contributed by atoms with van der Waals surface area (Å²) < 4.78 is 18.0. The Bertz CT molecular complexity index is 823. The van der Waals surface area contributed by atoms with Crippen molar-refractivity contribution in [2.75, 3.05) is 24.5 Å². The number of carbonyl (C=O) groups excluding carboxylic acids is 1. The van der Waals surface area contributed by atoms with Gasteiger partial charge < -0.3 is 24.3 Å². The van der Waals surface area contributed by atoms with E-state index >= 15 is 0 Å². The third-order valence-corrected chi connectivity index (χ3v) is 6.34. The van der Waals surface area contributed by atoms with Crippen molar-refractivity contribution >= 4 is 25.0 Å². The first kappa shape index (κ1) is 24.7. The monoisotopic (exact) mass is 442 g/mol. The van der Waals surface area contributed by atoms with Crippen LogP contribution in [0.1, 0.15) is 73.3 Å². The molecule has 32 heavy (non-hydrogen) atoms. The topological polar surface area (TPSA) is 60.0 Å². The minimum absolute atomic E-state index is 0.277. The molecule has 1 N–H and O–H groups in total. The fourth-order valence-electron chi connectivity index (χ4n) is 3.86. The van der Waals surface area contributed by atoms with Gasteiger partial charge in [-0.2, -0.15) is 0 Å². The Hall–Kier alpha value is -1.99. The molecule has 2 saturated heterocycles. The highest BCUT2D eigenvalue weighted by Crippen LogP contribution is 2.39. The number of rotatable bonds is 5. The van der Waals surface area contributed by atoms with Crippen molar-refractivity contribution < 1.29 is 18.8 Å². The van der Waals surface area contributed by atoms with Crippen molar-refractivity contribution in [1.82, 2.24) is 5.32 Å². The Balaban J connectivity index is 1.83. The summed E-state index contributed by atoms with van der Waals surface area (Å²) >= 11 is 0. The van der Waals surface area contributed by atoms with Crippen molar-refractivity contribution in [2.24, 2.45) is 0 Å². The van der Waals surface area contributed by atoms with Crippen LogP contribution in [0.4, 0.5) is 10.5 Å². The molecule has 2 aliphatic heterocycles. The lowest BCUT2D eigenvalue weighted by Gasteiger charge is -2.32. The molecule has 0 unspecified atom stereocenters. The maximum atomic E-state index is 12.3. The molecule has 3 rings (SSSR count). The Morgan fingerprint density at radius 3 is 2.34 bits per heavy atom. The van der Waals surface area contributed by atoms with Gasteiger partial charge in [-0.05, 0) is 90.9 Å². The van der Waals surface area contributed by atoms with Crippen molar-refractivity contribution in [3.63, 3.8) is 0 Å². The second kappa shape index (κ2) is 9.48. The van der Waals surface area contributed by atoms with Crippen LogP contribution in [0.2, 0.25) is 0 Å². The van der Waals surface area contributed by atoms with Gasteiger partial charge in [-0.25, -0.2) is 4.79 Å². The Labute approximate surface area is 193 Å². The zero-order chi connectivity index (χ0) is 23.6. The molecule has 0 radical (unpaired) electrons. The van der Waals surface area contributed by atoms with E-state index in [0.717, 1.165) is 24.1 Å². The molecule has 1 amide bonds. The van der Waals surface area contributed by atoms with Gasteiger partial charge in [0.25, 0.3) is 0 Å². The Morgan fingerprint density at radius 2 is 1.75 bits per heavy atom. The maximum Gasteiger partial charge on any atom is 0.492 e. The summed E-state index contributed by atoms with van der Waals surface area (Å²) in [6, 6.07) is 8.52. The second-order valence-corrected chi connectivity index (χ2v) is 10.8. The number of ether oxygens (including phenoxy) is 1. The normalized spacial score (nSPS) is 20.9. The summed E-state index contributed by atoms with van der Waals surface area (Å²) in [5, 5.41) is 2.87. The lowest BCUT2D eigenvalue weighted by atomic mass is 9.77. The number of hydrogen-bond acceptors (Lipinski definition) is 5. The summed E-state index contributed by atoms with van der Waals surface area (Å²) in [7, 11) is -0.548. The van der Waals surface area contributed by atoms with Gasteiger partial charge in [0.2, 0.25) is 0 Å². The van der Waals surface area contributed by atoms with E-state index in [2.05, 4.69) is 40.6 Å². The van der Waals surface area contributed by atoms with E-state index in [0.29, 0.717) is 0 Å². The van der Waals surface area contributed by atoms with Gasteiger partial charge in [0.05, 0.1) is 11.2 Å². The Morgan fingerprint density at radius 1 is 1.12 bits per heavy atom. The number of piperidine rings is 1. The predicted octanol–water partition coefficient (Wildman–Crippen LogP) is 5.22. The number of benzene rings is 1. The summed E-state index contributed by atoms with van der Waals surface area (Å²) in [6.45, 7) is 16.1. The van der Waals surface area contributed by atoms with Crippen LogP contribution in [0.15, 0.2) is 29.7 Å². The van der Waals surface area contributed by atoms with Crippen LogP contribution in [0.5, 0.6) is 0 Å². The number of nitrogens with zero attached hydrogens (tertiary/aromatic N) is 1. The molecule has 0 bridgehead atoms. The van der Waals surface area contributed by atoms with Gasteiger partial charge in [0.15, 0.2) is 0 Å². The first-order valence-electron chi connectivity index (χ1n) is 11.7. The molecule has 2 aliphatic rings. The first-order valence-corrected chi connectivity index (χ1v) is 11.7. The smallest absolute Gasteiger partial charge is 0.444 e. The molecular weight excluding hydrogens is 403 g/mol. The number of anilines is 1. The first-order chi connectivity index (χ1) is 14.9. The molecule has 6 nitrogen and oxygen atoms in total. The average Bonchev–Trinajstić information content (AvgIpc) is 2.92.